The number of aryl methyl sites for hydroxylation is 1. The molecule has 0 aliphatic rings. The van der Waals surface area contributed by atoms with Crippen molar-refractivity contribution in [3.63, 3.8) is 0 Å². The summed E-state index contributed by atoms with van der Waals surface area (Å²) in [7, 11) is -3.32. The van der Waals surface area contributed by atoms with Crippen molar-refractivity contribution in [1.82, 2.24) is 9.29 Å². The van der Waals surface area contributed by atoms with E-state index in [2.05, 4.69) is 4.98 Å². The first-order valence-corrected chi connectivity index (χ1v) is 8.51. The van der Waals surface area contributed by atoms with Gasteiger partial charge in [0.1, 0.15) is 0 Å². The molecule has 0 bridgehead atoms. The average Bonchev–Trinajstić information content (AvgIpc) is 2.37. The summed E-state index contributed by atoms with van der Waals surface area (Å²) in [6.07, 6.45) is 4.20. The van der Waals surface area contributed by atoms with Gasteiger partial charge in [0.05, 0.1) is 10.7 Å². The van der Waals surface area contributed by atoms with Crippen molar-refractivity contribution in [2.24, 2.45) is 5.73 Å². The molecule has 20 heavy (non-hydrogen) atoms. The maximum atomic E-state index is 12.4. The molecule has 0 saturated carbocycles. The highest BCUT2D eigenvalue weighted by Gasteiger charge is 2.24. The van der Waals surface area contributed by atoms with Crippen LogP contribution in [-0.2, 0) is 16.4 Å². The van der Waals surface area contributed by atoms with E-state index in [-0.39, 0.29) is 11.8 Å². The number of rotatable bonds is 8. The third-order valence-electron chi connectivity index (χ3n) is 2.91. The molecule has 1 aromatic rings. The Kier molecular flexibility index (Phi) is 6.51. The first-order chi connectivity index (χ1) is 9.33. The Morgan fingerprint density at radius 1 is 1.40 bits per heavy atom. The smallest absolute Gasteiger partial charge is 0.214 e. The Morgan fingerprint density at radius 2 is 2.00 bits per heavy atom. The monoisotopic (exact) mass is 315 g/mol. The van der Waals surface area contributed by atoms with Crippen LogP contribution in [0.3, 0.4) is 0 Å². The Bertz CT molecular complexity index is 530. The second-order valence-electron chi connectivity index (χ2n) is 4.84. The fraction of sp³-hybridized carbons (Fsp3) is 0.538. The fourth-order valence-corrected chi connectivity index (χ4v) is 3.68. The molecule has 0 radical (unpaired) electrons. The van der Waals surface area contributed by atoms with Crippen LogP contribution in [0.25, 0.3) is 0 Å². The van der Waals surface area contributed by atoms with Crippen LogP contribution in [0.2, 0.25) is 0 Å². The SMILES string of the molecule is CC(C)N(CCC(N)=S)S(=O)(=O)CCc1ccncc1. The minimum atomic E-state index is -3.32. The van der Waals surface area contributed by atoms with Crippen molar-refractivity contribution in [2.75, 3.05) is 12.3 Å². The quantitative estimate of drug-likeness (QED) is 0.733. The van der Waals surface area contributed by atoms with E-state index in [1.165, 1.54) is 4.31 Å². The van der Waals surface area contributed by atoms with Gasteiger partial charge in [-0.25, -0.2) is 8.42 Å². The molecule has 0 amide bonds. The van der Waals surface area contributed by atoms with E-state index in [1.807, 2.05) is 26.0 Å². The summed E-state index contributed by atoms with van der Waals surface area (Å²) in [5.41, 5.74) is 6.41. The summed E-state index contributed by atoms with van der Waals surface area (Å²) in [6, 6.07) is 3.54. The van der Waals surface area contributed by atoms with Gasteiger partial charge in [-0.15, -0.1) is 0 Å². The van der Waals surface area contributed by atoms with E-state index >= 15 is 0 Å². The van der Waals surface area contributed by atoms with E-state index in [4.69, 9.17) is 18.0 Å². The van der Waals surface area contributed by atoms with Crippen LogP contribution >= 0.6 is 12.2 Å². The number of nitrogens with two attached hydrogens (primary N) is 1. The molecule has 7 heteroatoms. The van der Waals surface area contributed by atoms with E-state index in [1.54, 1.807) is 12.4 Å². The second kappa shape index (κ2) is 7.66. The number of aromatic nitrogens is 1. The van der Waals surface area contributed by atoms with Crippen LogP contribution in [0.4, 0.5) is 0 Å². The maximum absolute atomic E-state index is 12.4. The van der Waals surface area contributed by atoms with Crippen molar-refractivity contribution in [1.29, 1.82) is 0 Å². The lowest BCUT2D eigenvalue weighted by atomic mass is 10.2. The molecule has 0 aliphatic carbocycles. The van der Waals surface area contributed by atoms with Crippen molar-refractivity contribution in [3.05, 3.63) is 30.1 Å². The number of hydrogen-bond donors (Lipinski definition) is 1. The topological polar surface area (TPSA) is 76.3 Å². The summed E-state index contributed by atoms with van der Waals surface area (Å²) >= 11 is 4.81. The highest BCUT2D eigenvalue weighted by Crippen LogP contribution is 2.11. The number of hydrogen-bond acceptors (Lipinski definition) is 4. The molecule has 5 nitrogen and oxygen atoms in total. The van der Waals surface area contributed by atoms with Crippen LogP contribution < -0.4 is 5.73 Å². The largest absolute Gasteiger partial charge is 0.393 e. The lowest BCUT2D eigenvalue weighted by molar-refractivity contribution is 0.362. The molecule has 1 rings (SSSR count). The summed E-state index contributed by atoms with van der Waals surface area (Å²) in [5.74, 6) is 0.0759. The summed E-state index contributed by atoms with van der Waals surface area (Å²) < 4.78 is 26.2. The minimum absolute atomic E-state index is 0.0759. The molecule has 0 aromatic carbocycles. The Morgan fingerprint density at radius 3 is 2.50 bits per heavy atom. The number of thiocarbonyl (C=S) groups is 1. The Labute approximate surface area is 126 Å². The minimum Gasteiger partial charge on any atom is -0.393 e. The predicted octanol–water partition coefficient (Wildman–Crippen LogP) is 1.34. The molecule has 0 saturated heterocycles. The van der Waals surface area contributed by atoms with Crippen molar-refractivity contribution in [2.45, 2.75) is 32.7 Å². The molecule has 0 spiro atoms. The first-order valence-electron chi connectivity index (χ1n) is 6.49. The third-order valence-corrected chi connectivity index (χ3v) is 5.15. The third kappa shape index (κ3) is 5.52. The van der Waals surface area contributed by atoms with Gasteiger partial charge in [-0.2, -0.15) is 4.31 Å². The lowest BCUT2D eigenvalue weighted by Crippen LogP contribution is -2.40. The van der Waals surface area contributed by atoms with Gasteiger partial charge in [-0.3, -0.25) is 4.98 Å². The molecule has 0 unspecified atom stereocenters. The van der Waals surface area contributed by atoms with Crippen LogP contribution in [0.1, 0.15) is 25.8 Å². The number of sulfonamides is 1. The van der Waals surface area contributed by atoms with Crippen LogP contribution in [0, 0.1) is 0 Å². The highest BCUT2D eigenvalue weighted by atomic mass is 32.2. The molecule has 2 N–H and O–H groups in total. The van der Waals surface area contributed by atoms with Gasteiger partial charge < -0.3 is 5.73 Å². The van der Waals surface area contributed by atoms with E-state index in [0.29, 0.717) is 24.4 Å². The number of pyridine rings is 1. The Balaban J connectivity index is 2.70. The maximum Gasteiger partial charge on any atom is 0.214 e. The van der Waals surface area contributed by atoms with Crippen LogP contribution in [0.5, 0.6) is 0 Å². The van der Waals surface area contributed by atoms with Crippen molar-refractivity contribution < 1.29 is 8.42 Å². The standard InChI is InChI=1S/C13H21N3O2S2/c1-11(2)16(9-5-13(14)19)20(17,18)10-6-12-3-7-15-8-4-12/h3-4,7-8,11H,5-6,9-10H2,1-2H3,(H2,14,19). The van der Waals surface area contributed by atoms with E-state index in [0.717, 1.165) is 5.56 Å². The number of nitrogens with zero attached hydrogens (tertiary/aromatic N) is 2. The van der Waals surface area contributed by atoms with Gasteiger partial charge in [0.15, 0.2) is 0 Å². The second-order valence-corrected chi connectivity index (χ2v) is 7.41. The molecular weight excluding hydrogens is 294 g/mol. The van der Waals surface area contributed by atoms with Gasteiger partial charge in [-0.1, -0.05) is 12.2 Å². The average molecular weight is 315 g/mol. The van der Waals surface area contributed by atoms with Gasteiger partial charge in [-0.05, 0) is 38.0 Å². The van der Waals surface area contributed by atoms with Crippen molar-refractivity contribution in [3.8, 4) is 0 Å². The predicted molar refractivity (Wildman–Crippen MR) is 85.0 cm³/mol. The first kappa shape index (κ1) is 17.0. The molecule has 112 valence electrons. The zero-order valence-electron chi connectivity index (χ0n) is 11.8. The summed E-state index contributed by atoms with van der Waals surface area (Å²) in [4.78, 5) is 4.25. The van der Waals surface area contributed by atoms with Gasteiger partial charge in [0.2, 0.25) is 10.0 Å². The summed E-state index contributed by atoms with van der Waals surface area (Å²) in [5, 5.41) is 0. The molecular formula is C13H21N3O2S2. The normalized spacial score (nSPS) is 12.0. The van der Waals surface area contributed by atoms with Gasteiger partial charge in [0, 0.05) is 31.4 Å². The molecule has 0 atom stereocenters. The summed E-state index contributed by atoms with van der Waals surface area (Å²) in [6.45, 7) is 4.04. The Hall–Kier alpha value is -1.05. The molecule has 0 aliphatic heterocycles. The van der Waals surface area contributed by atoms with E-state index < -0.39 is 10.0 Å². The van der Waals surface area contributed by atoms with E-state index in [9.17, 15) is 8.42 Å². The molecule has 1 heterocycles. The van der Waals surface area contributed by atoms with Gasteiger partial charge >= 0.3 is 0 Å². The lowest BCUT2D eigenvalue weighted by Gasteiger charge is -2.25. The highest BCUT2D eigenvalue weighted by molar-refractivity contribution is 7.89. The molecule has 1 aromatic heterocycles. The van der Waals surface area contributed by atoms with Crippen LogP contribution in [0.15, 0.2) is 24.5 Å². The molecule has 0 fully saturated rings. The fourth-order valence-electron chi connectivity index (χ4n) is 1.85. The van der Waals surface area contributed by atoms with Gasteiger partial charge in [0.25, 0.3) is 0 Å². The zero-order chi connectivity index (χ0) is 15.2. The van der Waals surface area contributed by atoms with Crippen molar-refractivity contribution >= 4 is 27.2 Å². The van der Waals surface area contributed by atoms with Crippen LogP contribution in [-0.4, -0.2) is 41.0 Å². The zero-order valence-corrected chi connectivity index (χ0v) is 13.5.